The molecule has 0 fully saturated rings. The molecule has 0 saturated heterocycles. The van der Waals surface area contributed by atoms with E-state index in [1.54, 1.807) is 19.9 Å². The molecule has 192 valence electrons. The van der Waals surface area contributed by atoms with Crippen LogP contribution < -0.4 is 10.0 Å². The summed E-state index contributed by atoms with van der Waals surface area (Å²) >= 11 is 1.23. The molecule has 0 bridgehead atoms. The van der Waals surface area contributed by atoms with E-state index in [0.717, 1.165) is 36.9 Å². The van der Waals surface area contributed by atoms with Crippen LogP contribution in [0.3, 0.4) is 0 Å². The van der Waals surface area contributed by atoms with Crippen molar-refractivity contribution >= 4 is 39.3 Å². The first-order valence-corrected chi connectivity index (χ1v) is 14.5. The quantitative estimate of drug-likeness (QED) is 0.420. The Hall–Kier alpha value is -3.49. The number of anilines is 2. The monoisotopic (exact) mass is 536 g/mol. The van der Waals surface area contributed by atoms with Gasteiger partial charge in [-0.2, -0.15) is 5.26 Å². The highest BCUT2D eigenvalue weighted by Gasteiger charge is 2.18. The Morgan fingerprint density at radius 1 is 1.00 bits per heavy atom. The molecular formula is C26H28N6O3S2. The minimum atomic E-state index is -3.89. The summed E-state index contributed by atoms with van der Waals surface area (Å²) in [7, 11) is -3.89. The first-order chi connectivity index (χ1) is 17.7. The zero-order valence-corrected chi connectivity index (χ0v) is 22.4. The standard InChI is InChI=1S/C26H28N6O3S2/c1-17-13-18(2)29-26(28-17)32-37(34,35)22-11-9-21(10-12-22)30-24(33)16-36-25-20(15-27)14-19-7-5-3-4-6-8-23(19)31-25/h9-14H,3-8,16H2,1-2H3,(H,30,33)(H,28,29,32). The second-order valence-electron chi connectivity index (χ2n) is 8.91. The van der Waals surface area contributed by atoms with Gasteiger partial charge in [0.2, 0.25) is 11.9 Å². The third-order valence-electron chi connectivity index (χ3n) is 5.88. The lowest BCUT2D eigenvalue weighted by Crippen LogP contribution is -2.17. The molecule has 0 spiro atoms. The molecule has 1 aromatic carbocycles. The largest absolute Gasteiger partial charge is 0.325 e. The van der Waals surface area contributed by atoms with E-state index < -0.39 is 10.0 Å². The van der Waals surface area contributed by atoms with Gasteiger partial charge in [0.1, 0.15) is 11.1 Å². The van der Waals surface area contributed by atoms with Crippen molar-refractivity contribution in [3.8, 4) is 6.07 Å². The summed E-state index contributed by atoms with van der Waals surface area (Å²) < 4.78 is 27.8. The molecule has 2 N–H and O–H groups in total. The number of pyridine rings is 1. The lowest BCUT2D eigenvalue weighted by atomic mass is 9.96. The van der Waals surface area contributed by atoms with Crippen LogP contribution in [0.25, 0.3) is 0 Å². The van der Waals surface area contributed by atoms with Gasteiger partial charge < -0.3 is 5.32 Å². The van der Waals surface area contributed by atoms with Gasteiger partial charge in [-0.1, -0.05) is 24.6 Å². The molecule has 1 aliphatic carbocycles. The number of benzene rings is 1. The Bertz CT molecular complexity index is 1430. The van der Waals surface area contributed by atoms with Crippen molar-refractivity contribution in [1.82, 2.24) is 15.0 Å². The molecule has 3 aromatic rings. The Labute approximate surface area is 221 Å². The fourth-order valence-electron chi connectivity index (χ4n) is 4.16. The summed E-state index contributed by atoms with van der Waals surface area (Å²) in [6.07, 6.45) is 6.38. The number of thioether (sulfide) groups is 1. The molecule has 0 unspecified atom stereocenters. The van der Waals surface area contributed by atoms with Gasteiger partial charge in [-0.25, -0.2) is 28.1 Å². The van der Waals surface area contributed by atoms with Gasteiger partial charge >= 0.3 is 0 Å². The second kappa shape index (κ2) is 11.7. The van der Waals surface area contributed by atoms with E-state index >= 15 is 0 Å². The van der Waals surface area contributed by atoms with Crippen LogP contribution in [0.1, 0.15) is 53.9 Å². The van der Waals surface area contributed by atoms with E-state index in [2.05, 4.69) is 26.1 Å². The number of sulfonamides is 1. The molecule has 1 aliphatic rings. The number of nitrogens with zero attached hydrogens (tertiary/aromatic N) is 4. The van der Waals surface area contributed by atoms with Crippen molar-refractivity contribution in [2.24, 2.45) is 0 Å². The zero-order chi connectivity index (χ0) is 26.4. The summed E-state index contributed by atoms with van der Waals surface area (Å²) in [5.41, 5.74) is 4.42. The number of nitrogens with one attached hydrogen (secondary N) is 2. The third-order valence-corrected chi connectivity index (χ3v) is 8.22. The van der Waals surface area contributed by atoms with Gasteiger partial charge in [0.25, 0.3) is 10.0 Å². The van der Waals surface area contributed by atoms with Crippen LogP contribution in [0.4, 0.5) is 11.6 Å². The van der Waals surface area contributed by atoms with Crippen molar-refractivity contribution in [3.05, 3.63) is 64.6 Å². The lowest BCUT2D eigenvalue weighted by Gasteiger charge is -2.15. The molecule has 4 rings (SSSR count). The van der Waals surface area contributed by atoms with E-state index in [9.17, 15) is 18.5 Å². The van der Waals surface area contributed by atoms with Gasteiger partial charge in [0.15, 0.2) is 0 Å². The van der Waals surface area contributed by atoms with Crippen molar-refractivity contribution in [3.63, 3.8) is 0 Å². The number of nitriles is 1. The van der Waals surface area contributed by atoms with Gasteiger partial charge in [-0.15, -0.1) is 0 Å². The smallest absolute Gasteiger partial charge is 0.264 e. The SMILES string of the molecule is Cc1cc(C)nc(NS(=O)(=O)c2ccc(NC(=O)CSc3nc4c(cc3C#N)CCCCCC4)cc2)n1. The molecule has 37 heavy (non-hydrogen) atoms. The number of carbonyl (C=O) groups excluding carboxylic acids is 1. The van der Waals surface area contributed by atoms with Crippen molar-refractivity contribution in [1.29, 1.82) is 5.26 Å². The summed E-state index contributed by atoms with van der Waals surface area (Å²) in [5, 5.41) is 12.9. The molecule has 11 heteroatoms. The Morgan fingerprint density at radius 3 is 2.35 bits per heavy atom. The topological polar surface area (TPSA) is 138 Å². The maximum atomic E-state index is 12.7. The predicted molar refractivity (Wildman–Crippen MR) is 143 cm³/mol. The van der Waals surface area contributed by atoms with Gasteiger partial charge in [-0.05, 0) is 81.5 Å². The first-order valence-electron chi connectivity index (χ1n) is 12.0. The minimum absolute atomic E-state index is 0.00519. The normalized spacial score (nSPS) is 13.5. The molecule has 0 aliphatic heterocycles. The molecule has 0 atom stereocenters. The molecule has 2 heterocycles. The highest BCUT2D eigenvalue weighted by Crippen LogP contribution is 2.27. The van der Waals surface area contributed by atoms with Crippen LogP contribution in [0.2, 0.25) is 0 Å². The van der Waals surface area contributed by atoms with Crippen LogP contribution in [0.5, 0.6) is 0 Å². The van der Waals surface area contributed by atoms with Crippen molar-refractivity contribution in [2.75, 3.05) is 15.8 Å². The second-order valence-corrected chi connectivity index (χ2v) is 11.6. The summed E-state index contributed by atoms with van der Waals surface area (Å²) in [6, 6.07) is 11.7. The Morgan fingerprint density at radius 2 is 1.68 bits per heavy atom. The molecule has 0 radical (unpaired) electrons. The van der Waals surface area contributed by atoms with E-state index in [1.165, 1.54) is 48.9 Å². The summed E-state index contributed by atoms with van der Waals surface area (Å²) in [6.45, 7) is 3.51. The Balaban J connectivity index is 1.38. The number of aryl methyl sites for hydroxylation is 4. The average Bonchev–Trinajstić information content (AvgIpc) is 2.82. The average molecular weight is 537 g/mol. The number of amides is 1. The maximum Gasteiger partial charge on any atom is 0.264 e. The molecule has 2 aromatic heterocycles. The molecular weight excluding hydrogens is 508 g/mol. The van der Waals surface area contributed by atoms with E-state index in [-0.39, 0.29) is 22.5 Å². The first kappa shape index (κ1) is 26.6. The highest BCUT2D eigenvalue weighted by atomic mass is 32.2. The zero-order valence-electron chi connectivity index (χ0n) is 20.7. The molecule has 9 nitrogen and oxygen atoms in total. The van der Waals surface area contributed by atoms with Gasteiger partial charge in [0, 0.05) is 22.8 Å². The summed E-state index contributed by atoms with van der Waals surface area (Å²) in [4.78, 5) is 25.5. The number of aromatic nitrogens is 3. The fraction of sp³-hybridized carbons (Fsp3) is 0.346. The maximum absolute atomic E-state index is 12.7. The van der Waals surface area contributed by atoms with E-state index in [1.807, 2.05) is 6.07 Å². The molecule has 1 amide bonds. The van der Waals surface area contributed by atoms with Crippen LogP contribution in [-0.4, -0.2) is 35.0 Å². The Kier molecular flexibility index (Phi) is 8.41. The highest BCUT2D eigenvalue weighted by molar-refractivity contribution is 8.00. The van der Waals surface area contributed by atoms with Gasteiger partial charge in [0.05, 0.1) is 16.2 Å². The lowest BCUT2D eigenvalue weighted by molar-refractivity contribution is -0.113. The predicted octanol–water partition coefficient (Wildman–Crippen LogP) is 4.55. The van der Waals surface area contributed by atoms with Crippen LogP contribution >= 0.6 is 11.8 Å². The number of carbonyl (C=O) groups is 1. The number of hydrogen-bond donors (Lipinski definition) is 2. The van der Waals surface area contributed by atoms with Crippen LogP contribution in [-0.2, 0) is 27.7 Å². The number of hydrogen-bond acceptors (Lipinski definition) is 8. The van der Waals surface area contributed by atoms with Crippen LogP contribution in [0.15, 0.2) is 46.3 Å². The van der Waals surface area contributed by atoms with E-state index in [0.29, 0.717) is 27.7 Å². The van der Waals surface area contributed by atoms with Crippen molar-refractivity contribution < 1.29 is 13.2 Å². The third kappa shape index (κ3) is 7.05. The number of fused-ring (bicyclic) bond motifs is 1. The van der Waals surface area contributed by atoms with Crippen LogP contribution in [0, 0.1) is 25.2 Å². The molecule has 0 saturated carbocycles. The van der Waals surface area contributed by atoms with E-state index in [4.69, 9.17) is 4.98 Å². The summed E-state index contributed by atoms with van der Waals surface area (Å²) in [5.74, 6) is -0.197. The van der Waals surface area contributed by atoms with Gasteiger partial charge in [-0.3, -0.25) is 4.79 Å². The van der Waals surface area contributed by atoms with Crippen molar-refractivity contribution in [2.45, 2.75) is 62.3 Å². The number of rotatable bonds is 7. The minimum Gasteiger partial charge on any atom is -0.325 e. The fourth-order valence-corrected chi connectivity index (χ4v) is 5.88.